The van der Waals surface area contributed by atoms with Crippen molar-refractivity contribution in [3.63, 3.8) is 0 Å². The second-order valence-corrected chi connectivity index (χ2v) is 6.44. The van der Waals surface area contributed by atoms with Gasteiger partial charge < -0.3 is 10.5 Å². The Morgan fingerprint density at radius 1 is 1.06 bits per heavy atom. The van der Waals surface area contributed by atoms with Crippen LogP contribution in [0, 0.1) is 23.7 Å². The Morgan fingerprint density at radius 3 is 2.33 bits per heavy atom. The first-order chi connectivity index (χ1) is 8.78. The highest BCUT2D eigenvalue weighted by Crippen LogP contribution is 2.54. The van der Waals surface area contributed by atoms with Gasteiger partial charge in [0.05, 0.1) is 0 Å². The van der Waals surface area contributed by atoms with E-state index in [1.54, 1.807) is 6.20 Å². The van der Waals surface area contributed by atoms with Crippen molar-refractivity contribution in [1.82, 2.24) is 4.98 Å². The molecule has 4 saturated carbocycles. The van der Waals surface area contributed by atoms with E-state index >= 15 is 0 Å². The molecule has 4 bridgehead atoms. The van der Waals surface area contributed by atoms with Crippen molar-refractivity contribution in [1.29, 1.82) is 0 Å². The predicted octanol–water partition coefficient (Wildman–Crippen LogP) is 2.87. The van der Waals surface area contributed by atoms with E-state index < -0.39 is 0 Å². The van der Waals surface area contributed by atoms with Gasteiger partial charge in [-0.05, 0) is 61.8 Å². The first-order valence-corrected chi connectivity index (χ1v) is 7.16. The second-order valence-electron chi connectivity index (χ2n) is 6.44. The zero-order valence-electron chi connectivity index (χ0n) is 10.6. The molecule has 0 spiro atoms. The van der Waals surface area contributed by atoms with Gasteiger partial charge in [-0.1, -0.05) is 0 Å². The molecular formula is C15H20N2O. The summed E-state index contributed by atoms with van der Waals surface area (Å²) in [4.78, 5) is 4.29. The van der Waals surface area contributed by atoms with E-state index in [1.165, 1.54) is 32.1 Å². The quantitative estimate of drug-likeness (QED) is 0.870. The van der Waals surface area contributed by atoms with Crippen LogP contribution in [0.2, 0.25) is 0 Å². The average molecular weight is 244 g/mol. The maximum atomic E-state index is 6.18. The van der Waals surface area contributed by atoms with Crippen LogP contribution < -0.4 is 10.5 Å². The Kier molecular flexibility index (Phi) is 2.29. The van der Waals surface area contributed by atoms with Gasteiger partial charge in [0, 0.05) is 18.0 Å². The van der Waals surface area contributed by atoms with Gasteiger partial charge in [0.15, 0.2) is 0 Å². The van der Waals surface area contributed by atoms with Crippen molar-refractivity contribution >= 4 is 5.69 Å². The van der Waals surface area contributed by atoms with Crippen LogP contribution >= 0.6 is 0 Å². The zero-order chi connectivity index (χ0) is 12.1. The molecule has 4 aliphatic carbocycles. The second kappa shape index (κ2) is 3.87. The van der Waals surface area contributed by atoms with Crippen molar-refractivity contribution < 1.29 is 4.74 Å². The third kappa shape index (κ3) is 1.68. The summed E-state index contributed by atoms with van der Waals surface area (Å²) in [5.74, 6) is 4.23. The first kappa shape index (κ1) is 10.7. The van der Waals surface area contributed by atoms with Gasteiger partial charge in [-0.3, -0.25) is 0 Å². The van der Waals surface area contributed by atoms with E-state index in [9.17, 15) is 0 Å². The summed E-state index contributed by atoms with van der Waals surface area (Å²) in [6, 6.07) is 3.66. The molecule has 0 amide bonds. The third-order valence-electron chi connectivity index (χ3n) is 5.16. The van der Waals surface area contributed by atoms with Crippen LogP contribution in [-0.2, 0) is 0 Å². The van der Waals surface area contributed by atoms with E-state index in [0.29, 0.717) is 12.0 Å². The van der Waals surface area contributed by atoms with Gasteiger partial charge in [-0.2, -0.15) is 0 Å². The van der Waals surface area contributed by atoms with Crippen LogP contribution in [0.25, 0.3) is 0 Å². The topological polar surface area (TPSA) is 48.1 Å². The molecule has 0 atom stereocenters. The molecule has 18 heavy (non-hydrogen) atoms. The normalized spacial score (nSPS) is 41.0. The maximum Gasteiger partial charge on any atom is 0.215 e. The summed E-state index contributed by atoms with van der Waals surface area (Å²) in [6.07, 6.45) is 9.11. The van der Waals surface area contributed by atoms with E-state index in [0.717, 1.165) is 29.4 Å². The molecule has 1 heterocycles. The Morgan fingerprint density at radius 2 is 1.72 bits per heavy atom. The fourth-order valence-corrected chi connectivity index (χ4v) is 4.70. The van der Waals surface area contributed by atoms with Gasteiger partial charge in [0.25, 0.3) is 0 Å². The molecular weight excluding hydrogens is 224 g/mol. The fraction of sp³-hybridized carbons (Fsp3) is 0.667. The van der Waals surface area contributed by atoms with E-state index in [2.05, 4.69) is 4.98 Å². The van der Waals surface area contributed by atoms with Gasteiger partial charge in [-0.15, -0.1) is 0 Å². The number of nitrogens with zero attached hydrogens (tertiary/aromatic N) is 1. The third-order valence-corrected chi connectivity index (χ3v) is 5.16. The minimum absolute atomic E-state index is 0.395. The molecule has 0 radical (unpaired) electrons. The lowest BCUT2D eigenvalue weighted by Crippen LogP contribution is -2.50. The predicted molar refractivity (Wildman–Crippen MR) is 70.1 cm³/mol. The number of hydrogen-bond donors (Lipinski definition) is 1. The van der Waals surface area contributed by atoms with E-state index in [4.69, 9.17) is 10.5 Å². The van der Waals surface area contributed by atoms with Crippen molar-refractivity contribution in [2.45, 2.75) is 38.2 Å². The lowest BCUT2D eigenvalue weighted by Gasteiger charge is -2.53. The lowest BCUT2D eigenvalue weighted by molar-refractivity contribution is -0.0804. The molecule has 0 unspecified atom stereocenters. The summed E-state index contributed by atoms with van der Waals surface area (Å²) in [7, 11) is 0. The van der Waals surface area contributed by atoms with Gasteiger partial charge in [-0.25, -0.2) is 4.98 Å². The molecule has 3 heteroatoms. The maximum absolute atomic E-state index is 6.18. The molecule has 0 saturated heterocycles. The summed E-state index contributed by atoms with van der Waals surface area (Å²) in [5.41, 5.74) is 6.53. The molecule has 4 aliphatic rings. The van der Waals surface area contributed by atoms with Crippen molar-refractivity contribution in [2.24, 2.45) is 23.7 Å². The highest BCUT2D eigenvalue weighted by Gasteiger charge is 2.49. The fourth-order valence-electron chi connectivity index (χ4n) is 4.70. The Hall–Kier alpha value is -1.25. The molecule has 96 valence electrons. The van der Waals surface area contributed by atoms with Crippen LogP contribution in [0.1, 0.15) is 32.1 Å². The van der Waals surface area contributed by atoms with Crippen LogP contribution in [0.15, 0.2) is 18.3 Å². The molecule has 3 nitrogen and oxygen atoms in total. The summed E-state index contributed by atoms with van der Waals surface area (Å²) in [5, 5.41) is 0. The molecule has 0 aromatic carbocycles. The lowest BCUT2D eigenvalue weighted by atomic mass is 9.55. The van der Waals surface area contributed by atoms with Crippen LogP contribution in [0.5, 0.6) is 5.88 Å². The van der Waals surface area contributed by atoms with Crippen LogP contribution in [0.4, 0.5) is 5.69 Å². The number of nitrogens with two attached hydrogens (primary N) is 1. The average Bonchev–Trinajstić information content (AvgIpc) is 2.33. The van der Waals surface area contributed by atoms with Gasteiger partial charge in [0.1, 0.15) is 6.10 Å². The Bertz CT molecular complexity index is 432. The van der Waals surface area contributed by atoms with Crippen molar-refractivity contribution in [2.75, 3.05) is 5.73 Å². The van der Waals surface area contributed by atoms with Crippen molar-refractivity contribution in [3.8, 4) is 5.88 Å². The summed E-state index contributed by atoms with van der Waals surface area (Å²) >= 11 is 0. The smallest absolute Gasteiger partial charge is 0.215 e. The molecule has 2 N–H and O–H groups in total. The molecule has 0 aliphatic heterocycles. The zero-order valence-corrected chi connectivity index (χ0v) is 10.6. The highest BCUT2D eigenvalue weighted by molar-refractivity contribution is 5.39. The number of pyridine rings is 1. The molecule has 4 fully saturated rings. The number of anilines is 1. The number of rotatable bonds is 2. The van der Waals surface area contributed by atoms with Gasteiger partial charge >= 0.3 is 0 Å². The first-order valence-electron chi connectivity index (χ1n) is 7.16. The summed E-state index contributed by atoms with van der Waals surface area (Å²) in [6.45, 7) is 0. The number of ether oxygens (including phenoxy) is 1. The molecule has 5 rings (SSSR count). The number of aromatic nitrogens is 1. The minimum atomic E-state index is 0.395. The summed E-state index contributed by atoms with van der Waals surface area (Å²) < 4.78 is 6.18. The largest absolute Gasteiger partial charge is 0.474 e. The Balaban J connectivity index is 1.55. The van der Waals surface area contributed by atoms with Crippen LogP contribution in [0.3, 0.4) is 0 Å². The van der Waals surface area contributed by atoms with E-state index in [-0.39, 0.29) is 0 Å². The van der Waals surface area contributed by atoms with Crippen LogP contribution in [-0.4, -0.2) is 11.1 Å². The van der Waals surface area contributed by atoms with Gasteiger partial charge in [0.2, 0.25) is 5.88 Å². The monoisotopic (exact) mass is 244 g/mol. The Labute approximate surface area is 108 Å². The SMILES string of the molecule is Nc1ccnc(OC2C3CC4CC(C3)CC2C4)c1. The minimum Gasteiger partial charge on any atom is -0.474 e. The standard InChI is InChI=1S/C15H20N2O/c16-13-1-2-17-14(8-13)18-15-11-4-9-3-10(6-11)7-12(15)5-9/h1-2,8-12,15H,3-7H2,(H2,16,17). The number of hydrogen-bond acceptors (Lipinski definition) is 3. The highest BCUT2D eigenvalue weighted by atomic mass is 16.5. The number of nitrogen functional groups attached to an aromatic ring is 1. The molecule has 1 aromatic heterocycles. The molecule has 1 aromatic rings. The van der Waals surface area contributed by atoms with Crippen molar-refractivity contribution in [3.05, 3.63) is 18.3 Å². The van der Waals surface area contributed by atoms with E-state index in [1.807, 2.05) is 12.1 Å².